The van der Waals surface area contributed by atoms with Crippen LogP contribution in [0, 0.1) is 11.3 Å². The molecule has 0 spiro atoms. The highest BCUT2D eigenvalue weighted by Gasteiger charge is 2.31. The number of nitrogens with one attached hydrogen (secondary N) is 1. The summed E-state index contributed by atoms with van der Waals surface area (Å²) in [5.74, 6) is -0.195. The van der Waals surface area contributed by atoms with Crippen LogP contribution in [-0.4, -0.2) is 48.9 Å². The van der Waals surface area contributed by atoms with Gasteiger partial charge < -0.3 is 10.2 Å². The summed E-state index contributed by atoms with van der Waals surface area (Å²) >= 11 is 0. The van der Waals surface area contributed by atoms with Crippen molar-refractivity contribution in [1.29, 1.82) is 5.26 Å². The highest BCUT2D eigenvalue weighted by molar-refractivity contribution is 7.91. The first-order chi connectivity index (χ1) is 9.58. The van der Waals surface area contributed by atoms with Crippen LogP contribution in [0.3, 0.4) is 0 Å². The lowest BCUT2D eigenvalue weighted by Crippen LogP contribution is -2.42. The lowest BCUT2D eigenvalue weighted by Gasteiger charge is -2.26. The second kappa shape index (κ2) is 6.48. The van der Waals surface area contributed by atoms with E-state index in [9.17, 15) is 13.2 Å². The molecule has 0 radical (unpaired) electrons. The van der Waals surface area contributed by atoms with E-state index >= 15 is 0 Å². The summed E-state index contributed by atoms with van der Waals surface area (Å²) in [6.45, 7) is 7.93. The van der Waals surface area contributed by atoms with Crippen LogP contribution in [0.5, 0.6) is 0 Å². The minimum Gasteiger partial charge on any atom is -0.372 e. The van der Waals surface area contributed by atoms with Crippen LogP contribution in [0.4, 0.5) is 0 Å². The zero-order valence-electron chi connectivity index (χ0n) is 13.0. The Morgan fingerprint density at radius 2 is 2.10 bits per heavy atom. The van der Waals surface area contributed by atoms with E-state index in [1.54, 1.807) is 4.90 Å². The van der Waals surface area contributed by atoms with Crippen LogP contribution < -0.4 is 5.32 Å². The van der Waals surface area contributed by atoms with Crippen LogP contribution in [0.15, 0.2) is 11.8 Å². The van der Waals surface area contributed by atoms with Gasteiger partial charge in [-0.05, 0) is 34.1 Å². The zero-order valence-corrected chi connectivity index (χ0v) is 13.8. The summed E-state index contributed by atoms with van der Waals surface area (Å²) < 4.78 is 23.1. The van der Waals surface area contributed by atoms with E-state index in [4.69, 9.17) is 5.26 Å². The maximum atomic E-state index is 12.0. The molecule has 0 aromatic carbocycles. The molecular weight excluding hydrogens is 290 g/mol. The second-order valence-corrected chi connectivity index (χ2v) is 8.47. The van der Waals surface area contributed by atoms with Crippen molar-refractivity contribution in [3.05, 3.63) is 11.8 Å². The molecule has 0 aromatic rings. The van der Waals surface area contributed by atoms with Crippen LogP contribution >= 0.6 is 0 Å². The molecule has 0 bridgehead atoms. The minimum atomic E-state index is -3.00. The molecule has 1 aliphatic heterocycles. The van der Waals surface area contributed by atoms with E-state index in [-0.39, 0.29) is 23.1 Å². The van der Waals surface area contributed by atoms with Gasteiger partial charge in [0.2, 0.25) is 0 Å². The lowest BCUT2D eigenvalue weighted by molar-refractivity contribution is -0.118. The average Bonchev–Trinajstić information content (AvgIpc) is 2.68. The SMILES string of the molecule is CCN(/C=C(/C#N)C(=O)NC(C)(C)C)C1CCS(=O)(=O)C1. The number of hydrogen-bond donors (Lipinski definition) is 1. The van der Waals surface area contributed by atoms with Gasteiger partial charge in [-0.15, -0.1) is 0 Å². The van der Waals surface area contributed by atoms with Crippen molar-refractivity contribution in [2.75, 3.05) is 18.1 Å². The molecular formula is C14H23N3O3S. The summed E-state index contributed by atoms with van der Waals surface area (Å²) in [4.78, 5) is 13.8. The van der Waals surface area contributed by atoms with Gasteiger partial charge in [0.05, 0.1) is 11.5 Å². The molecule has 1 saturated heterocycles. The van der Waals surface area contributed by atoms with E-state index in [0.29, 0.717) is 13.0 Å². The molecule has 1 atom stereocenters. The number of amides is 1. The Balaban J connectivity index is 2.90. The van der Waals surface area contributed by atoms with E-state index in [1.807, 2.05) is 33.8 Å². The molecule has 118 valence electrons. The number of carbonyl (C=O) groups excluding carboxylic acids is 1. The fourth-order valence-corrected chi connectivity index (χ4v) is 3.95. The number of rotatable bonds is 4. The summed E-state index contributed by atoms with van der Waals surface area (Å²) in [5, 5.41) is 11.9. The predicted octanol–water partition coefficient (Wildman–Crippen LogP) is 0.818. The van der Waals surface area contributed by atoms with Crippen molar-refractivity contribution in [3.8, 4) is 6.07 Å². The van der Waals surface area contributed by atoms with Gasteiger partial charge in [0, 0.05) is 24.3 Å². The van der Waals surface area contributed by atoms with E-state index in [1.165, 1.54) is 6.20 Å². The first-order valence-electron chi connectivity index (χ1n) is 6.98. The Morgan fingerprint density at radius 1 is 1.48 bits per heavy atom. The number of nitrogens with zero attached hydrogens (tertiary/aromatic N) is 2. The maximum absolute atomic E-state index is 12.0. The fourth-order valence-electron chi connectivity index (χ4n) is 2.20. The van der Waals surface area contributed by atoms with Gasteiger partial charge in [0.25, 0.3) is 5.91 Å². The Bertz CT molecular complexity index is 567. The molecule has 0 saturated carbocycles. The Labute approximate surface area is 126 Å². The molecule has 21 heavy (non-hydrogen) atoms. The Kier molecular flexibility index (Phi) is 5.40. The maximum Gasteiger partial charge on any atom is 0.263 e. The predicted molar refractivity (Wildman–Crippen MR) is 81.0 cm³/mol. The van der Waals surface area contributed by atoms with Gasteiger partial charge in [0.15, 0.2) is 9.84 Å². The highest BCUT2D eigenvalue weighted by Crippen LogP contribution is 2.18. The standard InChI is InChI=1S/C14H23N3O3S/c1-5-17(12-6-7-21(19,20)10-12)9-11(8-15)13(18)16-14(2,3)4/h9,12H,5-7,10H2,1-4H3,(H,16,18)/b11-9-. The number of nitriles is 1. The van der Waals surface area contributed by atoms with Gasteiger partial charge in [-0.3, -0.25) is 4.79 Å². The van der Waals surface area contributed by atoms with Crippen LogP contribution in [0.25, 0.3) is 0 Å². The van der Waals surface area contributed by atoms with Crippen molar-refractivity contribution in [1.82, 2.24) is 10.2 Å². The number of sulfone groups is 1. The molecule has 0 aromatic heterocycles. The first kappa shape index (κ1) is 17.5. The quantitative estimate of drug-likeness (QED) is 0.613. The molecule has 1 N–H and O–H groups in total. The Hall–Kier alpha value is -1.55. The van der Waals surface area contributed by atoms with Gasteiger partial charge in [-0.2, -0.15) is 5.26 Å². The molecule has 1 amide bonds. The van der Waals surface area contributed by atoms with E-state index in [2.05, 4.69) is 5.32 Å². The summed E-state index contributed by atoms with van der Waals surface area (Å²) in [6.07, 6.45) is 2.01. The molecule has 1 unspecified atom stereocenters. The fraction of sp³-hybridized carbons (Fsp3) is 0.714. The van der Waals surface area contributed by atoms with Crippen LogP contribution in [0.2, 0.25) is 0 Å². The van der Waals surface area contributed by atoms with Crippen LogP contribution in [-0.2, 0) is 14.6 Å². The van der Waals surface area contributed by atoms with Crippen molar-refractivity contribution in [2.45, 2.75) is 45.7 Å². The smallest absolute Gasteiger partial charge is 0.263 e. The number of carbonyl (C=O) groups is 1. The third-order valence-electron chi connectivity index (χ3n) is 3.19. The molecule has 7 heteroatoms. The Morgan fingerprint density at radius 3 is 2.48 bits per heavy atom. The van der Waals surface area contributed by atoms with E-state index in [0.717, 1.165) is 0 Å². The van der Waals surface area contributed by atoms with Crippen molar-refractivity contribution < 1.29 is 13.2 Å². The number of hydrogen-bond acceptors (Lipinski definition) is 5. The molecule has 1 heterocycles. The molecule has 1 aliphatic rings. The largest absolute Gasteiger partial charge is 0.372 e. The van der Waals surface area contributed by atoms with Crippen LogP contribution in [0.1, 0.15) is 34.1 Å². The minimum absolute atomic E-state index is 0.00364. The lowest BCUT2D eigenvalue weighted by atomic mass is 10.1. The van der Waals surface area contributed by atoms with Gasteiger partial charge in [0.1, 0.15) is 11.6 Å². The van der Waals surface area contributed by atoms with Gasteiger partial charge >= 0.3 is 0 Å². The highest BCUT2D eigenvalue weighted by atomic mass is 32.2. The van der Waals surface area contributed by atoms with Gasteiger partial charge in [-0.25, -0.2) is 8.42 Å². The molecule has 6 nitrogen and oxygen atoms in total. The van der Waals surface area contributed by atoms with E-state index < -0.39 is 21.3 Å². The third-order valence-corrected chi connectivity index (χ3v) is 4.94. The normalized spacial score (nSPS) is 21.7. The first-order valence-corrected chi connectivity index (χ1v) is 8.80. The second-order valence-electron chi connectivity index (χ2n) is 6.25. The average molecular weight is 313 g/mol. The monoisotopic (exact) mass is 313 g/mol. The van der Waals surface area contributed by atoms with Crippen molar-refractivity contribution in [2.24, 2.45) is 0 Å². The topological polar surface area (TPSA) is 90.3 Å². The third kappa shape index (κ3) is 5.38. The van der Waals surface area contributed by atoms with Crippen molar-refractivity contribution >= 4 is 15.7 Å². The zero-order chi connectivity index (χ0) is 16.3. The molecule has 1 fully saturated rings. The summed E-state index contributed by atoms with van der Waals surface area (Å²) in [6, 6.07) is 1.73. The molecule has 0 aliphatic carbocycles. The molecule has 1 rings (SSSR count). The summed E-state index contributed by atoms with van der Waals surface area (Å²) in [7, 11) is -3.00. The van der Waals surface area contributed by atoms with Gasteiger partial charge in [-0.1, -0.05) is 0 Å². The summed E-state index contributed by atoms with van der Waals surface area (Å²) in [5.41, 5.74) is -0.433. The van der Waals surface area contributed by atoms with Crippen molar-refractivity contribution in [3.63, 3.8) is 0 Å².